The van der Waals surface area contributed by atoms with Crippen molar-refractivity contribution in [3.63, 3.8) is 0 Å². The maximum absolute atomic E-state index is 11.8. The molecule has 0 radical (unpaired) electrons. The summed E-state index contributed by atoms with van der Waals surface area (Å²) >= 11 is 0. The van der Waals surface area contributed by atoms with E-state index in [1.165, 1.54) is 13.1 Å². The van der Waals surface area contributed by atoms with Crippen LogP contribution in [0.15, 0.2) is 53.6 Å². The topological polar surface area (TPSA) is 96.6 Å². The van der Waals surface area contributed by atoms with Crippen molar-refractivity contribution in [2.45, 2.75) is 6.92 Å². The van der Waals surface area contributed by atoms with Crippen molar-refractivity contribution in [2.24, 2.45) is 5.10 Å². The second-order valence-electron chi connectivity index (χ2n) is 4.62. The lowest BCUT2D eigenvalue weighted by molar-refractivity contribution is -0.114. The fourth-order valence-electron chi connectivity index (χ4n) is 1.72. The monoisotopic (exact) mass is 296 g/mol. The Kier molecular flexibility index (Phi) is 4.87. The maximum Gasteiger partial charge on any atom is 0.271 e. The molecule has 6 heteroatoms. The molecule has 2 amide bonds. The van der Waals surface area contributed by atoms with Gasteiger partial charge in [-0.15, -0.1) is 0 Å². The van der Waals surface area contributed by atoms with Gasteiger partial charge in [-0.25, -0.2) is 5.43 Å². The first-order chi connectivity index (χ1) is 10.5. The predicted molar refractivity (Wildman–Crippen MR) is 86.7 cm³/mol. The van der Waals surface area contributed by atoms with Crippen LogP contribution in [0.4, 0.5) is 11.4 Å². The third kappa shape index (κ3) is 4.45. The van der Waals surface area contributed by atoms with E-state index in [9.17, 15) is 9.59 Å². The first-order valence-electron chi connectivity index (χ1n) is 6.61. The number of hydrogen-bond acceptors (Lipinski definition) is 4. The van der Waals surface area contributed by atoms with Gasteiger partial charge in [-0.3, -0.25) is 9.59 Å². The highest BCUT2D eigenvalue weighted by molar-refractivity contribution is 5.95. The van der Waals surface area contributed by atoms with Crippen molar-refractivity contribution < 1.29 is 9.59 Å². The van der Waals surface area contributed by atoms with Gasteiger partial charge < -0.3 is 11.1 Å². The Morgan fingerprint density at radius 1 is 1.05 bits per heavy atom. The van der Waals surface area contributed by atoms with Gasteiger partial charge in [-0.05, 0) is 42.0 Å². The van der Waals surface area contributed by atoms with E-state index in [1.807, 2.05) is 0 Å². The van der Waals surface area contributed by atoms with Crippen molar-refractivity contribution in [3.05, 3.63) is 59.7 Å². The summed E-state index contributed by atoms with van der Waals surface area (Å²) in [5.41, 5.74) is 10.6. The van der Waals surface area contributed by atoms with Gasteiger partial charge in [0.15, 0.2) is 0 Å². The number of anilines is 2. The fourth-order valence-corrected chi connectivity index (χ4v) is 1.72. The van der Waals surface area contributed by atoms with Crippen LogP contribution >= 0.6 is 0 Å². The highest BCUT2D eigenvalue weighted by Crippen LogP contribution is 2.08. The molecule has 2 aromatic rings. The number of nitrogens with one attached hydrogen (secondary N) is 2. The van der Waals surface area contributed by atoms with Crippen LogP contribution in [0.1, 0.15) is 22.8 Å². The van der Waals surface area contributed by atoms with Crippen LogP contribution in [0.5, 0.6) is 0 Å². The van der Waals surface area contributed by atoms with Crippen molar-refractivity contribution in [3.8, 4) is 0 Å². The third-order valence-corrected chi connectivity index (χ3v) is 2.78. The molecule has 0 aliphatic heterocycles. The Hall–Kier alpha value is -3.15. The lowest BCUT2D eigenvalue weighted by Crippen LogP contribution is -2.17. The highest BCUT2D eigenvalue weighted by Gasteiger charge is 2.02. The molecule has 0 saturated heterocycles. The van der Waals surface area contributed by atoms with E-state index < -0.39 is 0 Å². The first kappa shape index (κ1) is 15.2. The molecule has 0 atom stereocenters. The number of hydrazone groups is 1. The predicted octanol–water partition coefficient (Wildman–Crippen LogP) is 1.99. The van der Waals surface area contributed by atoms with Gasteiger partial charge in [0, 0.05) is 23.9 Å². The molecule has 112 valence electrons. The van der Waals surface area contributed by atoms with E-state index in [0.717, 1.165) is 5.56 Å². The number of rotatable bonds is 4. The molecule has 0 bridgehead atoms. The molecule has 0 saturated carbocycles. The molecule has 0 aliphatic carbocycles. The molecule has 2 aromatic carbocycles. The number of carbonyl (C=O) groups excluding carboxylic acids is 2. The van der Waals surface area contributed by atoms with Crippen LogP contribution in [0, 0.1) is 0 Å². The summed E-state index contributed by atoms with van der Waals surface area (Å²) in [7, 11) is 0. The Labute approximate surface area is 128 Å². The maximum atomic E-state index is 11.8. The van der Waals surface area contributed by atoms with Crippen LogP contribution in [0.25, 0.3) is 0 Å². The summed E-state index contributed by atoms with van der Waals surface area (Å²) in [6.45, 7) is 1.45. The average Bonchev–Trinajstić information content (AvgIpc) is 2.49. The van der Waals surface area contributed by atoms with Crippen LogP contribution in [-0.4, -0.2) is 18.0 Å². The lowest BCUT2D eigenvalue weighted by Gasteiger charge is -2.02. The number of amides is 2. The molecular weight excluding hydrogens is 280 g/mol. The molecule has 0 spiro atoms. The summed E-state index contributed by atoms with van der Waals surface area (Å²) in [6.07, 6.45) is 1.52. The summed E-state index contributed by atoms with van der Waals surface area (Å²) in [6, 6.07) is 13.6. The van der Waals surface area contributed by atoms with Gasteiger partial charge in [0.05, 0.1) is 6.21 Å². The summed E-state index contributed by atoms with van der Waals surface area (Å²) < 4.78 is 0. The molecule has 0 aliphatic rings. The second kappa shape index (κ2) is 7.03. The molecule has 4 N–H and O–H groups in total. The van der Waals surface area contributed by atoms with Gasteiger partial charge in [0.1, 0.15) is 0 Å². The molecular formula is C16H16N4O2. The Balaban J connectivity index is 1.93. The summed E-state index contributed by atoms with van der Waals surface area (Å²) in [5.74, 6) is -0.441. The molecule has 6 nitrogen and oxygen atoms in total. The number of benzene rings is 2. The first-order valence-corrected chi connectivity index (χ1v) is 6.61. The second-order valence-corrected chi connectivity index (χ2v) is 4.62. The van der Waals surface area contributed by atoms with E-state index in [4.69, 9.17) is 5.73 Å². The molecule has 22 heavy (non-hydrogen) atoms. The number of hydrogen-bond donors (Lipinski definition) is 3. The smallest absolute Gasteiger partial charge is 0.271 e. The zero-order chi connectivity index (χ0) is 15.9. The van der Waals surface area contributed by atoms with Crippen LogP contribution in [-0.2, 0) is 4.79 Å². The lowest BCUT2D eigenvalue weighted by atomic mass is 10.2. The molecule has 2 rings (SSSR count). The standard InChI is InChI=1S/C16H16N4O2/c1-11(21)19-15-8-2-12(3-9-15)10-18-20-16(22)13-4-6-14(17)7-5-13/h2-10H,17H2,1H3,(H,19,21)(H,20,22). The van der Waals surface area contributed by atoms with E-state index in [0.29, 0.717) is 16.9 Å². The van der Waals surface area contributed by atoms with Crippen molar-refractivity contribution in [2.75, 3.05) is 11.1 Å². The summed E-state index contributed by atoms with van der Waals surface area (Å²) in [4.78, 5) is 22.7. The average molecular weight is 296 g/mol. The van der Waals surface area contributed by atoms with Crippen LogP contribution < -0.4 is 16.5 Å². The molecule has 0 fully saturated rings. The molecule has 0 aromatic heterocycles. The highest BCUT2D eigenvalue weighted by atomic mass is 16.2. The van der Waals surface area contributed by atoms with E-state index in [2.05, 4.69) is 15.8 Å². The molecule has 0 unspecified atom stereocenters. The van der Waals surface area contributed by atoms with Gasteiger partial charge in [-0.1, -0.05) is 12.1 Å². The van der Waals surface area contributed by atoms with Crippen LogP contribution in [0.2, 0.25) is 0 Å². The van der Waals surface area contributed by atoms with Crippen molar-refractivity contribution in [1.29, 1.82) is 0 Å². The van der Waals surface area contributed by atoms with E-state index in [1.54, 1.807) is 48.5 Å². The Morgan fingerprint density at radius 3 is 2.27 bits per heavy atom. The Bertz CT molecular complexity index is 691. The van der Waals surface area contributed by atoms with E-state index in [-0.39, 0.29) is 11.8 Å². The zero-order valence-corrected chi connectivity index (χ0v) is 12.0. The minimum atomic E-state index is -0.314. The third-order valence-electron chi connectivity index (χ3n) is 2.78. The minimum Gasteiger partial charge on any atom is -0.399 e. The van der Waals surface area contributed by atoms with E-state index >= 15 is 0 Å². The van der Waals surface area contributed by atoms with Gasteiger partial charge >= 0.3 is 0 Å². The number of nitrogens with two attached hydrogens (primary N) is 1. The van der Waals surface area contributed by atoms with Crippen LogP contribution in [0.3, 0.4) is 0 Å². The number of nitrogen functional groups attached to an aromatic ring is 1. The van der Waals surface area contributed by atoms with Gasteiger partial charge in [-0.2, -0.15) is 5.10 Å². The normalized spacial score (nSPS) is 10.4. The number of carbonyl (C=O) groups is 2. The zero-order valence-electron chi connectivity index (χ0n) is 12.0. The molecule has 0 heterocycles. The minimum absolute atomic E-state index is 0.128. The summed E-state index contributed by atoms with van der Waals surface area (Å²) in [5, 5.41) is 6.56. The van der Waals surface area contributed by atoms with Crippen molar-refractivity contribution in [1.82, 2.24) is 5.43 Å². The van der Waals surface area contributed by atoms with Gasteiger partial charge in [0.2, 0.25) is 5.91 Å². The number of nitrogens with zero attached hydrogens (tertiary/aromatic N) is 1. The van der Waals surface area contributed by atoms with Gasteiger partial charge in [0.25, 0.3) is 5.91 Å². The Morgan fingerprint density at radius 2 is 1.68 bits per heavy atom. The SMILES string of the molecule is CC(=O)Nc1ccc(C=NNC(=O)c2ccc(N)cc2)cc1. The quantitative estimate of drug-likeness (QED) is 0.457. The fraction of sp³-hybridized carbons (Fsp3) is 0.0625. The van der Waals surface area contributed by atoms with Crippen molar-refractivity contribution >= 4 is 29.4 Å². The largest absolute Gasteiger partial charge is 0.399 e.